The SMILES string of the molecule is CCC(C)CCCCCCCCCCC(=O)OC[C@H](COP(=O)(O)OC[C@@H](O)COP(=O)(O)OC[C@@H](COC(=O)CCCCCCCCC(C)C)OC(=O)CCCCCCCCCCCCC(C)C)OC(=O)CCCCCCCCCCC(C)CC. The van der Waals surface area contributed by atoms with Crippen LogP contribution in [0.4, 0.5) is 0 Å². The Bertz CT molecular complexity index is 1720. The largest absolute Gasteiger partial charge is 0.472 e. The predicted octanol–water partition coefficient (Wildman–Crippen LogP) is 18.5. The number of phosphoric ester groups is 2. The zero-order valence-electron chi connectivity index (χ0n) is 55.9. The number of hydrogen-bond donors (Lipinski definition) is 3. The Morgan fingerprint density at radius 2 is 0.558 bits per heavy atom. The molecule has 510 valence electrons. The Labute approximate surface area is 524 Å². The van der Waals surface area contributed by atoms with E-state index in [-0.39, 0.29) is 25.7 Å². The van der Waals surface area contributed by atoms with E-state index in [2.05, 4.69) is 55.4 Å². The van der Waals surface area contributed by atoms with Gasteiger partial charge >= 0.3 is 39.5 Å². The maximum Gasteiger partial charge on any atom is 0.472 e. The maximum absolute atomic E-state index is 13.0. The van der Waals surface area contributed by atoms with Crippen LogP contribution in [0.1, 0.15) is 325 Å². The minimum atomic E-state index is -4.95. The summed E-state index contributed by atoms with van der Waals surface area (Å²) in [6.45, 7) is 14.0. The minimum Gasteiger partial charge on any atom is -0.462 e. The highest BCUT2D eigenvalue weighted by Gasteiger charge is 2.30. The van der Waals surface area contributed by atoms with Gasteiger partial charge in [-0.15, -0.1) is 0 Å². The van der Waals surface area contributed by atoms with Gasteiger partial charge in [0.05, 0.1) is 26.4 Å². The summed E-state index contributed by atoms with van der Waals surface area (Å²) in [6.07, 6.45) is 37.6. The van der Waals surface area contributed by atoms with Crippen LogP contribution in [0.2, 0.25) is 0 Å². The van der Waals surface area contributed by atoms with E-state index in [0.29, 0.717) is 31.6 Å². The van der Waals surface area contributed by atoms with Crippen molar-refractivity contribution in [1.29, 1.82) is 0 Å². The van der Waals surface area contributed by atoms with Gasteiger partial charge in [-0.3, -0.25) is 37.3 Å². The molecule has 0 bridgehead atoms. The quantitative estimate of drug-likeness (QED) is 0.0222. The fourth-order valence-corrected chi connectivity index (χ4v) is 11.5. The standard InChI is InChI=1S/C67H130O17P2/c1-9-59(7)45-37-29-20-15-17-22-31-39-47-64(69)77-53-62(84-67(72)50-42-34-24-18-16-21-30-38-46-60(8)10-2)55-81-85(73,74)79-51-61(68)52-80-86(75,76)82-56-63(54-78-65(70)48-40-32-26-25-28-36-44-58(5)6)83-66(71)49-41-33-23-14-12-11-13-19-27-35-43-57(3)4/h57-63,68H,9-56H2,1-8H3,(H,73,74)(H,75,76)/t59?,60?,61-,62-,63-/m1/s1. The second-order valence-electron chi connectivity index (χ2n) is 25.6. The Hall–Kier alpha value is -1.94. The van der Waals surface area contributed by atoms with Crippen molar-refractivity contribution in [1.82, 2.24) is 0 Å². The number of aliphatic hydroxyl groups excluding tert-OH is 1. The van der Waals surface area contributed by atoms with Crippen molar-refractivity contribution in [3.8, 4) is 0 Å². The lowest BCUT2D eigenvalue weighted by molar-refractivity contribution is -0.161. The molecule has 0 aromatic heterocycles. The molecule has 7 atom stereocenters. The summed E-state index contributed by atoms with van der Waals surface area (Å²) >= 11 is 0. The normalized spacial score (nSPS) is 15.0. The van der Waals surface area contributed by atoms with Gasteiger partial charge < -0.3 is 33.8 Å². The lowest BCUT2D eigenvalue weighted by Gasteiger charge is -2.21. The van der Waals surface area contributed by atoms with Crippen molar-refractivity contribution in [2.24, 2.45) is 23.7 Å². The Balaban J connectivity index is 5.27. The van der Waals surface area contributed by atoms with Gasteiger partial charge in [-0.1, -0.05) is 274 Å². The van der Waals surface area contributed by atoms with E-state index in [1.54, 1.807) is 0 Å². The first-order valence-electron chi connectivity index (χ1n) is 34.8. The molecule has 19 heteroatoms. The van der Waals surface area contributed by atoms with Crippen LogP contribution in [0.3, 0.4) is 0 Å². The molecule has 4 unspecified atom stereocenters. The number of rotatable bonds is 64. The van der Waals surface area contributed by atoms with Gasteiger partial charge in [0.1, 0.15) is 19.3 Å². The van der Waals surface area contributed by atoms with Gasteiger partial charge in [0.2, 0.25) is 0 Å². The number of carbonyl (C=O) groups is 4. The molecule has 86 heavy (non-hydrogen) atoms. The zero-order valence-corrected chi connectivity index (χ0v) is 57.7. The van der Waals surface area contributed by atoms with Crippen molar-refractivity contribution in [2.75, 3.05) is 39.6 Å². The smallest absolute Gasteiger partial charge is 0.462 e. The molecule has 0 saturated heterocycles. The second-order valence-corrected chi connectivity index (χ2v) is 28.6. The average molecular weight is 1270 g/mol. The number of ether oxygens (including phenoxy) is 4. The molecule has 0 rings (SSSR count). The first kappa shape index (κ1) is 84.1. The van der Waals surface area contributed by atoms with E-state index in [4.69, 9.17) is 37.0 Å². The molecule has 17 nitrogen and oxygen atoms in total. The third-order valence-electron chi connectivity index (χ3n) is 16.0. The van der Waals surface area contributed by atoms with E-state index in [1.807, 2.05) is 0 Å². The van der Waals surface area contributed by atoms with Crippen LogP contribution in [0.25, 0.3) is 0 Å². The molecule has 0 saturated carbocycles. The number of unbranched alkanes of at least 4 members (excludes halogenated alkanes) is 28. The Kier molecular flexibility index (Phi) is 55.7. The summed E-state index contributed by atoms with van der Waals surface area (Å²) in [5.41, 5.74) is 0. The first-order chi connectivity index (χ1) is 41.2. The highest BCUT2D eigenvalue weighted by atomic mass is 31.2. The van der Waals surface area contributed by atoms with Gasteiger partial charge in [0.15, 0.2) is 12.2 Å². The van der Waals surface area contributed by atoms with Crippen molar-refractivity contribution < 1.29 is 80.2 Å². The third-order valence-corrected chi connectivity index (χ3v) is 17.9. The summed E-state index contributed by atoms with van der Waals surface area (Å²) in [5.74, 6) is 0.842. The minimum absolute atomic E-state index is 0.104. The number of phosphoric acid groups is 2. The molecular formula is C67H130O17P2. The lowest BCUT2D eigenvalue weighted by Crippen LogP contribution is -2.30. The zero-order chi connectivity index (χ0) is 63.9. The molecule has 0 aliphatic carbocycles. The number of aliphatic hydroxyl groups is 1. The maximum atomic E-state index is 13.0. The molecule has 0 fully saturated rings. The fourth-order valence-electron chi connectivity index (χ4n) is 9.89. The van der Waals surface area contributed by atoms with Crippen LogP contribution in [-0.4, -0.2) is 96.7 Å². The average Bonchev–Trinajstić information content (AvgIpc) is 3.68. The van der Waals surface area contributed by atoms with Crippen molar-refractivity contribution in [3.63, 3.8) is 0 Å². The molecule has 0 aliphatic heterocycles. The number of carbonyl (C=O) groups excluding carboxylic acids is 4. The van der Waals surface area contributed by atoms with Gasteiger partial charge in [-0.2, -0.15) is 0 Å². The highest BCUT2D eigenvalue weighted by Crippen LogP contribution is 2.45. The van der Waals surface area contributed by atoms with Crippen LogP contribution in [0, 0.1) is 23.7 Å². The van der Waals surface area contributed by atoms with E-state index in [9.17, 15) is 43.2 Å². The van der Waals surface area contributed by atoms with Crippen molar-refractivity contribution >= 4 is 39.5 Å². The molecule has 0 aliphatic rings. The molecule has 0 aromatic rings. The summed E-state index contributed by atoms with van der Waals surface area (Å²) in [4.78, 5) is 72.4. The van der Waals surface area contributed by atoms with E-state index >= 15 is 0 Å². The molecule has 0 spiro atoms. The van der Waals surface area contributed by atoms with Crippen molar-refractivity contribution in [2.45, 2.75) is 343 Å². The van der Waals surface area contributed by atoms with E-state index in [1.165, 1.54) is 122 Å². The first-order valence-corrected chi connectivity index (χ1v) is 37.8. The van der Waals surface area contributed by atoms with Crippen LogP contribution < -0.4 is 0 Å². The van der Waals surface area contributed by atoms with Gasteiger partial charge in [0.25, 0.3) is 0 Å². The van der Waals surface area contributed by atoms with E-state index < -0.39 is 97.5 Å². The van der Waals surface area contributed by atoms with Gasteiger partial charge in [-0.05, 0) is 49.4 Å². The summed E-state index contributed by atoms with van der Waals surface area (Å²) < 4.78 is 68.1. The number of hydrogen-bond acceptors (Lipinski definition) is 15. The van der Waals surface area contributed by atoms with E-state index in [0.717, 1.165) is 114 Å². The van der Waals surface area contributed by atoms with Crippen LogP contribution >= 0.6 is 15.6 Å². The third kappa shape index (κ3) is 58.4. The van der Waals surface area contributed by atoms with Gasteiger partial charge in [-0.25, -0.2) is 9.13 Å². The van der Waals surface area contributed by atoms with Crippen LogP contribution in [-0.2, 0) is 65.4 Å². The Morgan fingerprint density at radius 3 is 0.826 bits per heavy atom. The monoisotopic (exact) mass is 1270 g/mol. The molecule has 0 radical (unpaired) electrons. The molecular weight excluding hydrogens is 1140 g/mol. The summed E-state index contributed by atoms with van der Waals surface area (Å²) in [6, 6.07) is 0. The van der Waals surface area contributed by atoms with Crippen LogP contribution in [0.15, 0.2) is 0 Å². The molecule has 0 amide bonds. The molecule has 0 heterocycles. The summed E-state index contributed by atoms with van der Waals surface area (Å²) in [7, 11) is -9.90. The van der Waals surface area contributed by atoms with Gasteiger partial charge in [0, 0.05) is 25.7 Å². The van der Waals surface area contributed by atoms with Crippen molar-refractivity contribution in [3.05, 3.63) is 0 Å². The molecule has 0 aromatic carbocycles. The Morgan fingerprint density at radius 1 is 0.326 bits per heavy atom. The highest BCUT2D eigenvalue weighted by molar-refractivity contribution is 7.47. The predicted molar refractivity (Wildman–Crippen MR) is 344 cm³/mol. The summed E-state index contributed by atoms with van der Waals surface area (Å²) in [5, 5.41) is 10.6. The topological polar surface area (TPSA) is 237 Å². The number of esters is 4. The molecule has 3 N–H and O–H groups in total. The fraction of sp³-hybridized carbons (Fsp3) is 0.940. The second kappa shape index (κ2) is 57.0. The van der Waals surface area contributed by atoms with Crippen LogP contribution in [0.5, 0.6) is 0 Å². The lowest BCUT2D eigenvalue weighted by atomic mass is 9.99.